The number of phenolic OH excluding ortho intramolecular Hbond substituents is 1. The van der Waals surface area contributed by atoms with Gasteiger partial charge in [0.05, 0.1) is 12.2 Å². The molecule has 4 rings (SSSR count). The molecule has 0 unspecified atom stereocenters. The topological polar surface area (TPSA) is 58.4 Å². The maximum atomic E-state index is 13.4. The van der Waals surface area contributed by atoms with Crippen molar-refractivity contribution in [3.8, 4) is 17.0 Å². The van der Waals surface area contributed by atoms with Crippen molar-refractivity contribution in [2.45, 2.75) is 12.7 Å². The van der Waals surface area contributed by atoms with Crippen LogP contribution >= 0.6 is 23.2 Å². The molecule has 1 aromatic heterocycles. The SMILES string of the molecule is Cn1nc(-c2ccc(N(Cc3ccc(Cl)cc3)C(=O)c3ccc(Cl)cc3)cc2O)cc1C(F)(F)F. The van der Waals surface area contributed by atoms with Crippen LogP contribution in [0.4, 0.5) is 18.9 Å². The molecule has 0 bridgehead atoms. The van der Waals surface area contributed by atoms with Crippen LogP contribution in [0.3, 0.4) is 0 Å². The summed E-state index contributed by atoms with van der Waals surface area (Å²) in [5.41, 5.74) is 0.597. The van der Waals surface area contributed by atoms with Crippen LogP contribution in [0.2, 0.25) is 10.0 Å². The molecule has 1 heterocycles. The summed E-state index contributed by atoms with van der Waals surface area (Å²) in [7, 11) is 1.18. The first kappa shape index (κ1) is 24.6. The van der Waals surface area contributed by atoms with Gasteiger partial charge in [-0.2, -0.15) is 18.3 Å². The first-order valence-corrected chi connectivity index (χ1v) is 11.0. The first-order valence-electron chi connectivity index (χ1n) is 10.3. The monoisotopic (exact) mass is 519 g/mol. The summed E-state index contributed by atoms with van der Waals surface area (Å²) in [5, 5.41) is 15.6. The number of phenols is 1. The van der Waals surface area contributed by atoms with Gasteiger partial charge in [0, 0.05) is 40.0 Å². The van der Waals surface area contributed by atoms with Crippen molar-refractivity contribution in [1.29, 1.82) is 0 Å². The highest BCUT2D eigenvalue weighted by molar-refractivity contribution is 6.31. The Balaban J connectivity index is 1.73. The summed E-state index contributed by atoms with van der Waals surface area (Å²) < 4.78 is 40.2. The Hall–Kier alpha value is -3.49. The molecule has 10 heteroatoms. The maximum absolute atomic E-state index is 13.4. The van der Waals surface area contributed by atoms with E-state index in [0.29, 0.717) is 26.0 Å². The molecule has 0 fully saturated rings. The zero-order valence-corrected chi connectivity index (χ0v) is 19.7. The van der Waals surface area contributed by atoms with E-state index in [1.165, 1.54) is 24.1 Å². The second-order valence-electron chi connectivity index (χ2n) is 7.76. The molecule has 0 saturated carbocycles. The Morgan fingerprint density at radius 3 is 2.11 bits per heavy atom. The van der Waals surface area contributed by atoms with Crippen LogP contribution in [-0.2, 0) is 19.8 Å². The molecule has 0 radical (unpaired) electrons. The molecule has 180 valence electrons. The standard InChI is InChI=1S/C25H18Cl2F3N3O2/c1-32-23(25(28,29)30)13-21(31-32)20-11-10-19(12-22(20)34)33(14-15-2-6-17(26)7-3-15)24(35)16-4-8-18(27)9-5-16/h2-13,34H,14H2,1H3. The van der Waals surface area contributed by atoms with E-state index in [1.54, 1.807) is 54.6 Å². The summed E-state index contributed by atoms with van der Waals surface area (Å²) in [5.74, 6) is -0.680. The lowest BCUT2D eigenvalue weighted by molar-refractivity contribution is -0.143. The molecule has 0 atom stereocenters. The number of alkyl halides is 3. The van der Waals surface area contributed by atoms with Gasteiger partial charge in [0.25, 0.3) is 5.91 Å². The molecule has 35 heavy (non-hydrogen) atoms. The number of halogens is 5. The van der Waals surface area contributed by atoms with Gasteiger partial charge < -0.3 is 10.0 Å². The number of anilines is 1. The van der Waals surface area contributed by atoms with Gasteiger partial charge in [0.2, 0.25) is 0 Å². The Morgan fingerprint density at radius 1 is 0.971 bits per heavy atom. The summed E-state index contributed by atoms with van der Waals surface area (Å²) in [4.78, 5) is 14.8. The molecule has 0 aliphatic rings. The minimum atomic E-state index is -4.59. The lowest BCUT2D eigenvalue weighted by Crippen LogP contribution is -2.30. The number of hydrogen-bond acceptors (Lipinski definition) is 3. The number of carbonyl (C=O) groups excluding carboxylic acids is 1. The number of amides is 1. The van der Waals surface area contributed by atoms with E-state index >= 15 is 0 Å². The highest BCUT2D eigenvalue weighted by Gasteiger charge is 2.35. The van der Waals surface area contributed by atoms with Gasteiger partial charge in [-0.3, -0.25) is 9.48 Å². The number of aryl methyl sites for hydroxylation is 1. The number of benzene rings is 3. The van der Waals surface area contributed by atoms with Crippen LogP contribution in [0.1, 0.15) is 21.6 Å². The van der Waals surface area contributed by atoms with Crippen LogP contribution < -0.4 is 4.90 Å². The molecule has 1 amide bonds. The fraction of sp³-hybridized carbons (Fsp3) is 0.120. The molecule has 5 nitrogen and oxygen atoms in total. The fourth-order valence-corrected chi connectivity index (χ4v) is 3.82. The van der Waals surface area contributed by atoms with Gasteiger partial charge in [0.15, 0.2) is 0 Å². The molecule has 0 aliphatic heterocycles. The van der Waals surface area contributed by atoms with Crippen molar-refractivity contribution in [2.24, 2.45) is 7.05 Å². The zero-order valence-electron chi connectivity index (χ0n) is 18.2. The summed E-state index contributed by atoms with van der Waals surface area (Å²) in [6.45, 7) is 0.152. The third-order valence-electron chi connectivity index (χ3n) is 5.33. The van der Waals surface area contributed by atoms with Gasteiger partial charge in [0.1, 0.15) is 11.4 Å². The van der Waals surface area contributed by atoms with Gasteiger partial charge in [-0.05, 0) is 60.2 Å². The zero-order chi connectivity index (χ0) is 25.3. The van der Waals surface area contributed by atoms with E-state index in [9.17, 15) is 23.1 Å². The van der Waals surface area contributed by atoms with Gasteiger partial charge in [-0.25, -0.2) is 0 Å². The highest BCUT2D eigenvalue weighted by atomic mass is 35.5. The Labute approximate surface area is 208 Å². The smallest absolute Gasteiger partial charge is 0.433 e. The minimum absolute atomic E-state index is 0.0443. The number of aromatic nitrogens is 2. The molecule has 1 N–H and O–H groups in total. The minimum Gasteiger partial charge on any atom is -0.507 e. The second kappa shape index (κ2) is 9.64. The molecule has 0 spiro atoms. The van der Waals surface area contributed by atoms with Gasteiger partial charge in [-0.1, -0.05) is 35.3 Å². The number of rotatable bonds is 5. The predicted molar refractivity (Wildman–Crippen MR) is 129 cm³/mol. The maximum Gasteiger partial charge on any atom is 0.433 e. The van der Waals surface area contributed by atoms with Crippen LogP contribution in [0, 0.1) is 0 Å². The largest absolute Gasteiger partial charge is 0.507 e. The van der Waals surface area contributed by atoms with Crippen LogP contribution in [-0.4, -0.2) is 20.8 Å². The van der Waals surface area contributed by atoms with Crippen molar-refractivity contribution >= 4 is 34.8 Å². The second-order valence-corrected chi connectivity index (χ2v) is 8.64. The van der Waals surface area contributed by atoms with E-state index in [4.69, 9.17) is 23.2 Å². The molecular weight excluding hydrogens is 502 g/mol. The number of carbonyl (C=O) groups is 1. The van der Waals surface area contributed by atoms with Gasteiger partial charge in [-0.15, -0.1) is 0 Å². The normalized spacial score (nSPS) is 11.5. The quantitative estimate of drug-likeness (QED) is 0.310. The third kappa shape index (κ3) is 5.44. The average Bonchev–Trinajstić information content (AvgIpc) is 3.20. The number of nitrogens with zero attached hydrogens (tertiary/aromatic N) is 3. The van der Waals surface area contributed by atoms with Crippen LogP contribution in [0.5, 0.6) is 5.75 Å². The van der Waals surface area contributed by atoms with E-state index in [1.807, 2.05) is 0 Å². The van der Waals surface area contributed by atoms with Crippen LogP contribution in [0.15, 0.2) is 72.8 Å². The first-order chi connectivity index (χ1) is 16.5. The molecule has 4 aromatic rings. The lowest BCUT2D eigenvalue weighted by Gasteiger charge is -2.24. The van der Waals surface area contributed by atoms with E-state index in [-0.39, 0.29) is 29.5 Å². The van der Waals surface area contributed by atoms with Crippen molar-refractivity contribution in [3.63, 3.8) is 0 Å². The fourth-order valence-electron chi connectivity index (χ4n) is 3.57. The van der Waals surface area contributed by atoms with E-state index in [2.05, 4.69) is 5.10 Å². The molecule has 3 aromatic carbocycles. The summed E-state index contributed by atoms with van der Waals surface area (Å²) in [6, 6.07) is 18.4. The third-order valence-corrected chi connectivity index (χ3v) is 5.83. The number of aromatic hydroxyl groups is 1. The van der Waals surface area contributed by atoms with Gasteiger partial charge >= 0.3 is 6.18 Å². The average molecular weight is 520 g/mol. The van der Waals surface area contributed by atoms with Crippen molar-refractivity contribution in [3.05, 3.63) is 99.7 Å². The van der Waals surface area contributed by atoms with Crippen molar-refractivity contribution in [2.75, 3.05) is 4.90 Å². The Bertz CT molecular complexity index is 1370. The highest BCUT2D eigenvalue weighted by Crippen LogP contribution is 2.37. The molecular formula is C25H18Cl2F3N3O2. The lowest BCUT2D eigenvalue weighted by atomic mass is 10.1. The Morgan fingerprint density at radius 2 is 1.57 bits per heavy atom. The van der Waals surface area contributed by atoms with E-state index < -0.39 is 11.9 Å². The number of hydrogen-bond donors (Lipinski definition) is 1. The van der Waals surface area contributed by atoms with Crippen molar-refractivity contribution < 1.29 is 23.1 Å². The Kier molecular flexibility index (Phi) is 6.78. The van der Waals surface area contributed by atoms with E-state index in [0.717, 1.165) is 11.6 Å². The predicted octanol–water partition coefficient (Wildman–Crippen LogP) is 6.97. The summed E-state index contributed by atoms with van der Waals surface area (Å²) in [6.07, 6.45) is -4.59. The molecule has 0 aliphatic carbocycles. The van der Waals surface area contributed by atoms with Crippen molar-refractivity contribution in [1.82, 2.24) is 9.78 Å². The molecule has 0 saturated heterocycles. The van der Waals surface area contributed by atoms with Crippen LogP contribution in [0.25, 0.3) is 11.3 Å². The summed E-state index contributed by atoms with van der Waals surface area (Å²) >= 11 is 11.9.